The third-order valence-corrected chi connectivity index (χ3v) is 6.93. The molecule has 3 aliphatic rings. The number of aliphatic hydroxyl groups is 1. The Morgan fingerprint density at radius 2 is 1.94 bits per heavy atom. The van der Waals surface area contributed by atoms with Crippen LogP contribution in [-0.2, 0) is 34.7 Å². The van der Waals surface area contributed by atoms with Gasteiger partial charge >= 0.3 is 5.97 Å². The summed E-state index contributed by atoms with van der Waals surface area (Å²) in [4.78, 5) is 30.7. The van der Waals surface area contributed by atoms with Gasteiger partial charge in [-0.1, -0.05) is 6.92 Å². The summed E-state index contributed by atoms with van der Waals surface area (Å²) in [5, 5.41) is 12.0. The van der Waals surface area contributed by atoms with Crippen LogP contribution in [-0.4, -0.2) is 34.0 Å². The van der Waals surface area contributed by atoms with Crippen LogP contribution in [0.2, 0.25) is 0 Å². The van der Waals surface area contributed by atoms with Crippen LogP contribution in [0.4, 0.5) is 0 Å². The molecule has 170 valence electrons. The van der Waals surface area contributed by atoms with Gasteiger partial charge in [0.05, 0.1) is 29.0 Å². The molecule has 1 atom stereocenters. The second-order valence-electron chi connectivity index (χ2n) is 8.64. The Kier molecular flexibility index (Phi) is 4.30. The SMILES string of the molecule is CC[C@@]1(O)C(=O)OCc2c1cc1n(c2=O)Cc2c-1nc1cc3c(cc1c2CCCN)OCO3. The van der Waals surface area contributed by atoms with Gasteiger partial charge in [0.2, 0.25) is 6.79 Å². The number of ether oxygens (including phenoxy) is 3. The predicted molar refractivity (Wildman–Crippen MR) is 118 cm³/mol. The molecule has 2 aromatic heterocycles. The van der Waals surface area contributed by atoms with E-state index in [1.165, 1.54) is 0 Å². The summed E-state index contributed by atoms with van der Waals surface area (Å²) in [7, 11) is 0. The zero-order chi connectivity index (χ0) is 22.9. The van der Waals surface area contributed by atoms with Gasteiger partial charge in [0.15, 0.2) is 17.1 Å². The maximum Gasteiger partial charge on any atom is 0.343 e. The fraction of sp³-hybridized carbons (Fsp3) is 0.375. The molecule has 0 saturated heterocycles. The van der Waals surface area contributed by atoms with Gasteiger partial charge in [-0.05, 0) is 43.5 Å². The number of fused-ring (bicyclic) bond motifs is 6. The van der Waals surface area contributed by atoms with Gasteiger partial charge in [0, 0.05) is 22.6 Å². The van der Waals surface area contributed by atoms with Crippen LogP contribution in [0.1, 0.15) is 42.0 Å². The van der Waals surface area contributed by atoms with Crippen molar-refractivity contribution in [2.45, 2.75) is 44.9 Å². The van der Waals surface area contributed by atoms with Crippen LogP contribution >= 0.6 is 0 Å². The number of aryl methyl sites for hydroxylation is 1. The summed E-state index contributed by atoms with van der Waals surface area (Å²) in [6.07, 6.45) is 1.60. The lowest BCUT2D eigenvalue weighted by atomic mass is 9.86. The molecular weight excluding hydrogens is 426 g/mol. The zero-order valence-electron chi connectivity index (χ0n) is 18.1. The standard InChI is InChI=1S/C24H23N3O6/c1-2-24(30)16-7-18-21-14(9-27(18)22(28)15(16)10-31-23(24)29)12(4-3-5-25)13-6-19-20(33-11-32-19)8-17(13)26-21/h6-8,30H,2-5,9-11,25H2,1H3/t24-/m0/s1. The first-order valence-corrected chi connectivity index (χ1v) is 11.1. The molecule has 0 aliphatic carbocycles. The zero-order valence-corrected chi connectivity index (χ0v) is 18.1. The minimum atomic E-state index is -1.85. The summed E-state index contributed by atoms with van der Waals surface area (Å²) in [6, 6.07) is 5.52. The van der Waals surface area contributed by atoms with Crippen molar-refractivity contribution in [2.24, 2.45) is 5.73 Å². The van der Waals surface area contributed by atoms with E-state index in [2.05, 4.69) is 0 Å². The number of nitrogens with zero attached hydrogens (tertiary/aromatic N) is 2. The summed E-state index contributed by atoms with van der Waals surface area (Å²) in [5.41, 5.74) is 8.31. The first kappa shape index (κ1) is 20.2. The van der Waals surface area contributed by atoms with Crippen molar-refractivity contribution in [2.75, 3.05) is 13.3 Å². The topological polar surface area (TPSA) is 126 Å². The Labute approximate surface area is 188 Å². The molecule has 0 spiro atoms. The molecule has 0 unspecified atom stereocenters. The van der Waals surface area contributed by atoms with Crippen LogP contribution in [0, 0.1) is 0 Å². The van der Waals surface area contributed by atoms with Crippen LogP contribution in [0.25, 0.3) is 22.3 Å². The molecule has 0 amide bonds. The number of aromatic nitrogens is 2. The van der Waals surface area contributed by atoms with E-state index in [0.29, 0.717) is 47.1 Å². The van der Waals surface area contributed by atoms with Crippen molar-refractivity contribution in [3.63, 3.8) is 0 Å². The highest BCUT2D eigenvalue weighted by molar-refractivity contribution is 5.91. The number of carbonyl (C=O) groups is 1. The van der Waals surface area contributed by atoms with E-state index < -0.39 is 11.6 Å². The molecule has 33 heavy (non-hydrogen) atoms. The Balaban J connectivity index is 1.63. The van der Waals surface area contributed by atoms with Crippen molar-refractivity contribution < 1.29 is 24.1 Å². The number of esters is 1. The first-order valence-electron chi connectivity index (χ1n) is 11.1. The molecule has 9 heteroatoms. The Hall–Kier alpha value is -3.43. The van der Waals surface area contributed by atoms with E-state index in [-0.39, 0.29) is 25.4 Å². The van der Waals surface area contributed by atoms with E-state index in [0.717, 1.165) is 34.9 Å². The summed E-state index contributed by atoms with van der Waals surface area (Å²) < 4.78 is 17.9. The van der Waals surface area contributed by atoms with Crippen molar-refractivity contribution in [1.82, 2.24) is 9.55 Å². The van der Waals surface area contributed by atoms with Gasteiger partial charge in [-0.2, -0.15) is 0 Å². The molecule has 0 bridgehead atoms. The van der Waals surface area contributed by atoms with E-state index in [9.17, 15) is 14.7 Å². The molecule has 5 heterocycles. The van der Waals surface area contributed by atoms with E-state index in [1.807, 2.05) is 12.1 Å². The molecule has 9 nitrogen and oxygen atoms in total. The van der Waals surface area contributed by atoms with Crippen LogP contribution in [0.5, 0.6) is 11.5 Å². The molecule has 3 aliphatic heterocycles. The van der Waals surface area contributed by atoms with E-state index in [1.54, 1.807) is 17.6 Å². The van der Waals surface area contributed by atoms with Crippen LogP contribution in [0.3, 0.4) is 0 Å². The average molecular weight is 449 g/mol. The molecule has 1 aromatic carbocycles. The van der Waals surface area contributed by atoms with E-state index in [4.69, 9.17) is 24.9 Å². The molecule has 0 radical (unpaired) electrons. The number of hydrogen-bond acceptors (Lipinski definition) is 8. The quantitative estimate of drug-likeness (QED) is 0.451. The second kappa shape index (κ2) is 7.03. The lowest BCUT2D eigenvalue weighted by Gasteiger charge is -2.31. The first-order chi connectivity index (χ1) is 16.0. The largest absolute Gasteiger partial charge is 0.458 e. The normalized spacial score (nSPS) is 19.9. The smallest absolute Gasteiger partial charge is 0.343 e. The molecule has 6 rings (SSSR count). The van der Waals surface area contributed by atoms with Gasteiger partial charge in [0.25, 0.3) is 5.56 Å². The molecule has 0 saturated carbocycles. The number of pyridine rings is 2. The van der Waals surface area contributed by atoms with Gasteiger partial charge in [-0.3, -0.25) is 4.79 Å². The monoisotopic (exact) mass is 449 g/mol. The highest BCUT2D eigenvalue weighted by atomic mass is 16.7. The van der Waals surface area contributed by atoms with Gasteiger partial charge in [-0.15, -0.1) is 0 Å². The number of carbonyl (C=O) groups excluding carboxylic acids is 1. The summed E-state index contributed by atoms with van der Waals surface area (Å²) in [5.74, 6) is 0.566. The predicted octanol–water partition coefficient (Wildman–Crippen LogP) is 1.70. The maximum atomic E-state index is 13.4. The van der Waals surface area contributed by atoms with Crippen molar-refractivity contribution in [1.29, 1.82) is 0 Å². The lowest BCUT2D eigenvalue weighted by Crippen LogP contribution is -2.44. The third-order valence-electron chi connectivity index (χ3n) is 6.93. The second-order valence-corrected chi connectivity index (χ2v) is 8.64. The van der Waals surface area contributed by atoms with Crippen molar-refractivity contribution in [3.05, 3.63) is 50.8 Å². The number of nitrogens with two attached hydrogens (primary N) is 1. The summed E-state index contributed by atoms with van der Waals surface area (Å²) in [6.45, 7) is 2.59. The fourth-order valence-corrected chi connectivity index (χ4v) is 5.12. The fourth-order valence-electron chi connectivity index (χ4n) is 5.12. The van der Waals surface area contributed by atoms with Crippen LogP contribution in [0.15, 0.2) is 23.0 Å². The molecular formula is C24H23N3O6. The van der Waals surface area contributed by atoms with Crippen molar-refractivity contribution in [3.8, 4) is 22.9 Å². The minimum absolute atomic E-state index is 0.102. The molecule has 3 N–H and O–H groups in total. The summed E-state index contributed by atoms with van der Waals surface area (Å²) >= 11 is 0. The Bertz CT molecular complexity index is 1410. The molecule has 0 fully saturated rings. The third kappa shape index (κ3) is 2.69. The van der Waals surface area contributed by atoms with Gasteiger partial charge in [0.1, 0.15) is 6.61 Å². The molecule has 3 aromatic rings. The maximum absolute atomic E-state index is 13.4. The average Bonchev–Trinajstić information content (AvgIpc) is 3.42. The highest BCUT2D eigenvalue weighted by Crippen LogP contribution is 2.43. The minimum Gasteiger partial charge on any atom is -0.458 e. The Morgan fingerprint density at radius 3 is 2.70 bits per heavy atom. The highest BCUT2D eigenvalue weighted by Gasteiger charge is 2.45. The van der Waals surface area contributed by atoms with Gasteiger partial charge in [-0.25, -0.2) is 9.78 Å². The number of benzene rings is 1. The van der Waals surface area contributed by atoms with Gasteiger partial charge < -0.3 is 29.6 Å². The number of rotatable bonds is 4. The number of hydrogen-bond donors (Lipinski definition) is 2. The Morgan fingerprint density at radius 1 is 1.15 bits per heavy atom. The van der Waals surface area contributed by atoms with Crippen LogP contribution < -0.4 is 20.8 Å². The number of cyclic esters (lactones) is 1. The lowest BCUT2D eigenvalue weighted by molar-refractivity contribution is -0.172. The van der Waals surface area contributed by atoms with Crippen molar-refractivity contribution >= 4 is 16.9 Å². The van der Waals surface area contributed by atoms with E-state index >= 15 is 0 Å².